The Labute approximate surface area is 111 Å². The van der Waals surface area contributed by atoms with E-state index in [1.54, 1.807) is 0 Å². The topological polar surface area (TPSA) is 41.6 Å². The fraction of sp³-hybridized carbons (Fsp3) is 0.929. The lowest BCUT2D eigenvalue weighted by Gasteiger charge is -2.32. The molecular formula is C14H28N2O2. The standard InChI is InChI=1S/C14H28N2O2/c1-4-7-15-13-6-5-8-16(14(13)17)9-10-18-11-12(2)3/h12-13,15H,4-11H2,1-3H3. The minimum absolute atomic E-state index is 0.0313. The molecule has 4 heteroatoms. The quantitative estimate of drug-likeness (QED) is 0.671. The molecule has 1 aliphatic rings. The van der Waals surface area contributed by atoms with Crippen molar-refractivity contribution in [1.29, 1.82) is 0 Å². The first-order chi connectivity index (χ1) is 8.65. The second-order valence-corrected chi connectivity index (χ2v) is 5.44. The van der Waals surface area contributed by atoms with Gasteiger partial charge in [-0.15, -0.1) is 0 Å². The SMILES string of the molecule is CCCNC1CCCN(CCOCC(C)C)C1=O. The van der Waals surface area contributed by atoms with Crippen LogP contribution in [0.4, 0.5) is 0 Å². The zero-order valence-corrected chi connectivity index (χ0v) is 12.1. The molecule has 0 saturated carbocycles. The molecule has 1 amide bonds. The summed E-state index contributed by atoms with van der Waals surface area (Å²) in [5.74, 6) is 0.809. The number of carbonyl (C=O) groups is 1. The van der Waals surface area contributed by atoms with E-state index < -0.39 is 0 Å². The van der Waals surface area contributed by atoms with Crippen molar-refractivity contribution >= 4 is 5.91 Å². The number of likely N-dealkylation sites (tertiary alicyclic amines) is 1. The molecule has 0 bridgehead atoms. The van der Waals surface area contributed by atoms with Crippen molar-refractivity contribution in [2.45, 2.75) is 46.1 Å². The normalized spacial score (nSPS) is 20.8. The second kappa shape index (κ2) is 8.48. The molecule has 1 atom stereocenters. The third-order valence-electron chi connectivity index (χ3n) is 3.13. The van der Waals surface area contributed by atoms with E-state index in [9.17, 15) is 4.79 Å². The van der Waals surface area contributed by atoms with E-state index in [2.05, 4.69) is 26.1 Å². The maximum atomic E-state index is 12.2. The summed E-state index contributed by atoms with van der Waals surface area (Å²) in [5.41, 5.74) is 0. The van der Waals surface area contributed by atoms with Gasteiger partial charge in [-0.2, -0.15) is 0 Å². The summed E-state index contributed by atoms with van der Waals surface area (Å²) in [6, 6.07) is 0.0313. The number of ether oxygens (including phenoxy) is 1. The van der Waals surface area contributed by atoms with E-state index in [0.29, 0.717) is 12.5 Å². The smallest absolute Gasteiger partial charge is 0.239 e. The van der Waals surface area contributed by atoms with Crippen LogP contribution >= 0.6 is 0 Å². The van der Waals surface area contributed by atoms with Crippen molar-refractivity contribution in [2.24, 2.45) is 5.92 Å². The molecule has 1 heterocycles. The van der Waals surface area contributed by atoms with Crippen molar-refractivity contribution < 1.29 is 9.53 Å². The van der Waals surface area contributed by atoms with Gasteiger partial charge in [0.1, 0.15) is 0 Å². The van der Waals surface area contributed by atoms with Gasteiger partial charge in [0.15, 0.2) is 0 Å². The fourth-order valence-electron chi connectivity index (χ4n) is 2.16. The van der Waals surface area contributed by atoms with Crippen LogP contribution in [-0.2, 0) is 9.53 Å². The lowest BCUT2D eigenvalue weighted by Crippen LogP contribution is -2.51. The fourth-order valence-corrected chi connectivity index (χ4v) is 2.16. The third-order valence-corrected chi connectivity index (χ3v) is 3.13. The van der Waals surface area contributed by atoms with E-state index >= 15 is 0 Å². The van der Waals surface area contributed by atoms with Gasteiger partial charge in [0, 0.05) is 19.7 Å². The van der Waals surface area contributed by atoms with Gasteiger partial charge in [-0.05, 0) is 31.7 Å². The monoisotopic (exact) mass is 256 g/mol. The van der Waals surface area contributed by atoms with Gasteiger partial charge in [0.05, 0.1) is 12.6 Å². The Morgan fingerprint density at radius 3 is 2.94 bits per heavy atom. The predicted octanol–water partition coefficient (Wildman–Crippen LogP) is 1.65. The molecule has 0 aromatic rings. The largest absolute Gasteiger partial charge is 0.379 e. The molecule has 0 radical (unpaired) electrons. The van der Waals surface area contributed by atoms with Gasteiger partial charge in [0.2, 0.25) is 5.91 Å². The highest BCUT2D eigenvalue weighted by molar-refractivity contribution is 5.82. The highest BCUT2D eigenvalue weighted by atomic mass is 16.5. The molecule has 1 aliphatic heterocycles. The first-order valence-corrected chi connectivity index (χ1v) is 7.25. The first-order valence-electron chi connectivity index (χ1n) is 7.25. The number of nitrogens with one attached hydrogen (secondary N) is 1. The van der Waals surface area contributed by atoms with Crippen LogP contribution in [0.25, 0.3) is 0 Å². The number of hydrogen-bond donors (Lipinski definition) is 1. The third kappa shape index (κ3) is 5.36. The predicted molar refractivity (Wildman–Crippen MR) is 73.6 cm³/mol. The summed E-state index contributed by atoms with van der Waals surface area (Å²) in [4.78, 5) is 14.1. The number of carbonyl (C=O) groups excluding carboxylic acids is 1. The Morgan fingerprint density at radius 1 is 1.50 bits per heavy atom. The molecule has 1 fully saturated rings. The van der Waals surface area contributed by atoms with E-state index in [-0.39, 0.29) is 11.9 Å². The van der Waals surface area contributed by atoms with Crippen molar-refractivity contribution in [3.05, 3.63) is 0 Å². The van der Waals surface area contributed by atoms with Gasteiger partial charge >= 0.3 is 0 Å². The lowest BCUT2D eigenvalue weighted by molar-refractivity contribution is -0.136. The van der Waals surface area contributed by atoms with Crippen LogP contribution < -0.4 is 5.32 Å². The molecular weight excluding hydrogens is 228 g/mol. The minimum atomic E-state index is 0.0313. The van der Waals surface area contributed by atoms with Gasteiger partial charge < -0.3 is 15.0 Å². The molecule has 1 saturated heterocycles. The van der Waals surface area contributed by atoms with Crippen LogP contribution in [0.3, 0.4) is 0 Å². The molecule has 0 aromatic carbocycles. The zero-order chi connectivity index (χ0) is 13.4. The molecule has 0 aliphatic carbocycles. The number of nitrogens with zero attached hydrogens (tertiary/aromatic N) is 1. The molecule has 4 nitrogen and oxygen atoms in total. The first kappa shape index (κ1) is 15.4. The molecule has 106 valence electrons. The lowest BCUT2D eigenvalue weighted by atomic mass is 10.0. The van der Waals surface area contributed by atoms with Crippen LogP contribution in [0.2, 0.25) is 0 Å². The van der Waals surface area contributed by atoms with E-state index in [1.165, 1.54) is 0 Å². The summed E-state index contributed by atoms with van der Waals surface area (Å²) in [5, 5.41) is 3.33. The maximum Gasteiger partial charge on any atom is 0.239 e. The van der Waals surface area contributed by atoms with Crippen LogP contribution in [-0.4, -0.2) is 49.7 Å². The highest BCUT2D eigenvalue weighted by Crippen LogP contribution is 2.11. The van der Waals surface area contributed by atoms with Crippen LogP contribution in [0, 0.1) is 5.92 Å². The van der Waals surface area contributed by atoms with Crippen molar-refractivity contribution in [3.63, 3.8) is 0 Å². The highest BCUT2D eigenvalue weighted by Gasteiger charge is 2.27. The van der Waals surface area contributed by atoms with E-state index in [4.69, 9.17) is 4.74 Å². The number of amides is 1. The van der Waals surface area contributed by atoms with Crippen molar-refractivity contribution in [2.75, 3.05) is 32.8 Å². The average Bonchev–Trinajstić information content (AvgIpc) is 2.34. The Morgan fingerprint density at radius 2 is 2.28 bits per heavy atom. The van der Waals surface area contributed by atoms with Crippen LogP contribution in [0.5, 0.6) is 0 Å². The van der Waals surface area contributed by atoms with Crippen LogP contribution in [0.1, 0.15) is 40.0 Å². The molecule has 18 heavy (non-hydrogen) atoms. The van der Waals surface area contributed by atoms with Gasteiger partial charge in [-0.3, -0.25) is 4.79 Å². The van der Waals surface area contributed by atoms with Gasteiger partial charge in [0.25, 0.3) is 0 Å². The molecule has 0 aromatic heterocycles. The van der Waals surface area contributed by atoms with Gasteiger partial charge in [-0.25, -0.2) is 0 Å². The van der Waals surface area contributed by atoms with Gasteiger partial charge in [-0.1, -0.05) is 20.8 Å². The van der Waals surface area contributed by atoms with Crippen LogP contribution in [0.15, 0.2) is 0 Å². The number of rotatable bonds is 8. The zero-order valence-electron chi connectivity index (χ0n) is 12.1. The Balaban J connectivity index is 2.25. The van der Waals surface area contributed by atoms with E-state index in [0.717, 1.165) is 45.5 Å². The Bertz CT molecular complexity index is 244. The maximum absolute atomic E-state index is 12.2. The van der Waals surface area contributed by atoms with E-state index in [1.807, 2.05) is 4.90 Å². The molecule has 1 N–H and O–H groups in total. The summed E-state index contributed by atoms with van der Waals surface area (Å²) in [7, 11) is 0. The second-order valence-electron chi connectivity index (χ2n) is 5.44. The minimum Gasteiger partial charge on any atom is -0.379 e. The summed E-state index contributed by atoms with van der Waals surface area (Å²) >= 11 is 0. The van der Waals surface area contributed by atoms with Crippen molar-refractivity contribution in [3.8, 4) is 0 Å². The molecule has 1 unspecified atom stereocenters. The molecule has 0 spiro atoms. The number of hydrogen-bond acceptors (Lipinski definition) is 3. The summed E-state index contributed by atoms with van der Waals surface area (Å²) < 4.78 is 5.55. The summed E-state index contributed by atoms with van der Waals surface area (Å²) in [6.07, 6.45) is 3.14. The molecule has 1 rings (SSSR count). The Hall–Kier alpha value is -0.610. The van der Waals surface area contributed by atoms with Crippen molar-refractivity contribution in [1.82, 2.24) is 10.2 Å². The average molecular weight is 256 g/mol. The number of piperidine rings is 1. The Kier molecular flexibility index (Phi) is 7.28. The summed E-state index contributed by atoms with van der Waals surface area (Å²) in [6.45, 7) is 10.4.